The van der Waals surface area contributed by atoms with Gasteiger partial charge in [-0.1, -0.05) is 42.5 Å². The van der Waals surface area contributed by atoms with Crippen LogP contribution in [0.2, 0.25) is 0 Å². The number of rotatable bonds is 3. The highest BCUT2D eigenvalue weighted by molar-refractivity contribution is 5.50. The number of allylic oxidation sites excluding steroid dienone is 6. The predicted molar refractivity (Wildman–Crippen MR) is 92.2 cm³/mol. The normalized spacial score (nSPS) is 20.3. The number of hydrogen-bond acceptors (Lipinski definition) is 1. The lowest BCUT2D eigenvalue weighted by molar-refractivity contribution is -0.871. The van der Waals surface area contributed by atoms with Gasteiger partial charge in [0, 0.05) is 18.9 Å². The van der Waals surface area contributed by atoms with Crippen molar-refractivity contribution >= 4 is 0 Å². The van der Waals surface area contributed by atoms with E-state index in [1.165, 1.54) is 21.6 Å². The number of nitrogens with zero attached hydrogens (tertiary/aromatic N) is 1. The van der Waals surface area contributed by atoms with E-state index in [1.54, 1.807) is 0 Å². The van der Waals surface area contributed by atoms with Crippen LogP contribution >= 0.6 is 0 Å². The van der Waals surface area contributed by atoms with E-state index in [9.17, 15) is 0 Å². The number of quaternary nitrogens is 1. The molecule has 112 valence electrons. The Kier molecular flexibility index (Phi) is 4.40. The first kappa shape index (κ1) is 14.6. The average molecular weight is 291 g/mol. The summed E-state index contributed by atoms with van der Waals surface area (Å²) >= 11 is 0. The minimum atomic E-state index is 0.482. The first-order valence-corrected chi connectivity index (χ1v) is 7.79. The molecule has 0 fully saturated rings. The van der Waals surface area contributed by atoms with Crippen LogP contribution < -0.4 is 4.90 Å². The molecule has 0 unspecified atom stereocenters. The molecule has 1 heterocycles. The van der Waals surface area contributed by atoms with Crippen LogP contribution in [0.25, 0.3) is 0 Å². The molecule has 0 bridgehead atoms. The van der Waals surface area contributed by atoms with E-state index in [0.29, 0.717) is 6.04 Å². The minimum absolute atomic E-state index is 0.482. The van der Waals surface area contributed by atoms with Crippen molar-refractivity contribution in [3.05, 3.63) is 95.9 Å². The molecule has 0 radical (unpaired) electrons. The largest absolute Gasteiger partial charge is 0.350 e. The van der Waals surface area contributed by atoms with Crippen molar-refractivity contribution in [3.63, 3.8) is 0 Å². The zero-order valence-electron chi connectivity index (χ0n) is 13.2. The molecule has 3 rings (SSSR count). The van der Waals surface area contributed by atoms with Gasteiger partial charge < -0.3 is 9.80 Å². The lowest BCUT2D eigenvalue weighted by Crippen LogP contribution is -3.09. The summed E-state index contributed by atoms with van der Waals surface area (Å²) in [4.78, 5) is 3.64. The van der Waals surface area contributed by atoms with Gasteiger partial charge in [0.1, 0.15) is 6.04 Å². The van der Waals surface area contributed by atoms with E-state index in [2.05, 4.69) is 98.2 Å². The summed E-state index contributed by atoms with van der Waals surface area (Å²) in [6.45, 7) is 0.911. The van der Waals surface area contributed by atoms with E-state index in [-0.39, 0.29) is 0 Å². The van der Waals surface area contributed by atoms with E-state index >= 15 is 0 Å². The first-order chi connectivity index (χ1) is 10.7. The Morgan fingerprint density at radius 3 is 2.05 bits per heavy atom. The Hall–Kier alpha value is -2.32. The van der Waals surface area contributed by atoms with Gasteiger partial charge in [0.2, 0.25) is 0 Å². The molecule has 2 aliphatic rings. The predicted octanol–water partition coefficient (Wildman–Crippen LogP) is 2.47. The third-order valence-electron chi connectivity index (χ3n) is 4.07. The number of hydrogen-bond donors (Lipinski definition) is 1. The second-order valence-electron chi connectivity index (χ2n) is 6.02. The summed E-state index contributed by atoms with van der Waals surface area (Å²) in [5.74, 6) is 0. The van der Waals surface area contributed by atoms with Gasteiger partial charge in [-0.15, -0.1) is 0 Å². The van der Waals surface area contributed by atoms with Crippen molar-refractivity contribution in [1.29, 1.82) is 0 Å². The molecule has 0 saturated carbocycles. The fraction of sp³-hybridized carbons (Fsp3) is 0.200. The Morgan fingerprint density at radius 2 is 1.45 bits per heavy atom. The highest BCUT2D eigenvalue weighted by Crippen LogP contribution is 2.19. The molecule has 0 atom stereocenters. The van der Waals surface area contributed by atoms with Gasteiger partial charge in [0.05, 0.1) is 14.1 Å². The summed E-state index contributed by atoms with van der Waals surface area (Å²) < 4.78 is 0. The first-order valence-electron chi connectivity index (χ1n) is 7.79. The van der Waals surface area contributed by atoms with Crippen molar-refractivity contribution in [2.24, 2.45) is 0 Å². The zero-order chi connectivity index (χ0) is 15.4. The number of nitrogens with one attached hydrogen (secondary N) is 1. The van der Waals surface area contributed by atoms with E-state index in [0.717, 1.165) is 6.54 Å². The molecular weight excluding hydrogens is 268 g/mol. The summed E-state index contributed by atoms with van der Waals surface area (Å²) in [5, 5.41) is 0. The molecule has 2 heteroatoms. The fourth-order valence-corrected chi connectivity index (χ4v) is 2.66. The van der Waals surface area contributed by atoms with Crippen molar-refractivity contribution in [1.82, 2.24) is 4.90 Å². The third kappa shape index (κ3) is 3.46. The SMILES string of the molecule is C[NH+](C)C1C=CC(=C2C=CN(Cc3ccccc3)C=C2)C=C1. The summed E-state index contributed by atoms with van der Waals surface area (Å²) in [6, 6.07) is 11.0. The lowest BCUT2D eigenvalue weighted by atomic mass is 9.99. The number of benzene rings is 1. The Labute approximate surface area is 133 Å². The maximum Gasteiger partial charge on any atom is 0.125 e. The molecule has 1 aliphatic heterocycles. The fourth-order valence-electron chi connectivity index (χ4n) is 2.66. The molecule has 1 aromatic rings. The van der Waals surface area contributed by atoms with Crippen LogP contribution in [0.15, 0.2) is 90.3 Å². The van der Waals surface area contributed by atoms with Gasteiger partial charge in [-0.3, -0.25) is 0 Å². The second-order valence-corrected chi connectivity index (χ2v) is 6.02. The zero-order valence-corrected chi connectivity index (χ0v) is 13.2. The van der Waals surface area contributed by atoms with Crippen LogP contribution in [0.5, 0.6) is 0 Å². The summed E-state index contributed by atoms with van der Waals surface area (Å²) in [6.07, 6.45) is 17.7. The molecule has 22 heavy (non-hydrogen) atoms. The van der Waals surface area contributed by atoms with Gasteiger partial charge >= 0.3 is 0 Å². The minimum Gasteiger partial charge on any atom is -0.350 e. The highest BCUT2D eigenvalue weighted by atomic mass is 15.1. The molecule has 2 nitrogen and oxygen atoms in total. The Bertz CT molecular complexity index is 628. The van der Waals surface area contributed by atoms with Gasteiger partial charge in [-0.25, -0.2) is 0 Å². The van der Waals surface area contributed by atoms with Crippen molar-refractivity contribution in [3.8, 4) is 0 Å². The standard InChI is InChI=1S/C20H22N2/c1-21(2)20-10-8-18(9-11-20)19-12-14-22(15-13-19)16-17-6-4-3-5-7-17/h3-15,20H,16H2,1-2H3/p+1. The molecule has 1 N–H and O–H groups in total. The molecule has 0 spiro atoms. The van der Waals surface area contributed by atoms with Crippen LogP contribution in [0, 0.1) is 0 Å². The summed E-state index contributed by atoms with van der Waals surface area (Å²) in [5.41, 5.74) is 3.87. The van der Waals surface area contributed by atoms with E-state index in [1.807, 2.05) is 0 Å². The van der Waals surface area contributed by atoms with Crippen molar-refractivity contribution in [2.75, 3.05) is 14.1 Å². The Balaban J connectivity index is 1.67. The molecule has 0 saturated heterocycles. The molecule has 1 aliphatic carbocycles. The third-order valence-corrected chi connectivity index (χ3v) is 4.07. The summed E-state index contributed by atoms with van der Waals surface area (Å²) in [7, 11) is 4.36. The lowest BCUT2D eigenvalue weighted by Gasteiger charge is -2.21. The van der Waals surface area contributed by atoms with Gasteiger partial charge in [-0.2, -0.15) is 0 Å². The molecule has 0 amide bonds. The molecule has 0 aromatic heterocycles. The molecule has 1 aromatic carbocycles. The van der Waals surface area contributed by atoms with Crippen LogP contribution in [0.1, 0.15) is 5.56 Å². The van der Waals surface area contributed by atoms with Crippen LogP contribution in [-0.2, 0) is 6.54 Å². The van der Waals surface area contributed by atoms with Crippen LogP contribution in [0.4, 0.5) is 0 Å². The van der Waals surface area contributed by atoms with Gasteiger partial charge in [0.25, 0.3) is 0 Å². The van der Waals surface area contributed by atoms with Gasteiger partial charge in [0.15, 0.2) is 0 Å². The van der Waals surface area contributed by atoms with E-state index in [4.69, 9.17) is 0 Å². The van der Waals surface area contributed by atoms with Gasteiger partial charge in [-0.05, 0) is 41.0 Å². The van der Waals surface area contributed by atoms with E-state index < -0.39 is 0 Å². The smallest absolute Gasteiger partial charge is 0.125 e. The van der Waals surface area contributed by atoms with Crippen molar-refractivity contribution in [2.45, 2.75) is 12.6 Å². The monoisotopic (exact) mass is 291 g/mol. The van der Waals surface area contributed by atoms with Crippen LogP contribution in [0.3, 0.4) is 0 Å². The van der Waals surface area contributed by atoms with Crippen LogP contribution in [-0.4, -0.2) is 25.0 Å². The van der Waals surface area contributed by atoms with Crippen molar-refractivity contribution < 1.29 is 4.90 Å². The highest BCUT2D eigenvalue weighted by Gasteiger charge is 2.12. The second kappa shape index (κ2) is 6.63. The maximum atomic E-state index is 2.27. The molecular formula is C20H23N2+. The topological polar surface area (TPSA) is 7.68 Å². The average Bonchev–Trinajstić information content (AvgIpc) is 2.57. The number of likely N-dealkylation sites (N-methyl/N-ethyl adjacent to an activating group) is 1. The quantitative estimate of drug-likeness (QED) is 0.899. The Morgan fingerprint density at radius 1 is 0.864 bits per heavy atom. The maximum absolute atomic E-state index is 2.27.